The van der Waals surface area contributed by atoms with Crippen molar-refractivity contribution >= 4 is 46.3 Å². The summed E-state index contributed by atoms with van der Waals surface area (Å²) in [5.41, 5.74) is -6.99. The molecule has 7 rings (SSSR count). The lowest BCUT2D eigenvalue weighted by Crippen LogP contribution is -2.82. The summed E-state index contributed by atoms with van der Waals surface area (Å²) in [6.45, 7) is 14.5. The van der Waals surface area contributed by atoms with Gasteiger partial charge in [0.05, 0.1) is 24.2 Å². The molecule has 0 radical (unpaired) electrons. The minimum Gasteiger partial charge on any atom is -0.467 e. The maximum atomic E-state index is 13.8. The lowest BCUT2D eigenvalue weighted by Gasteiger charge is -2.73. The first-order valence-corrected chi connectivity index (χ1v) is 19.8. The third-order valence-corrected chi connectivity index (χ3v) is 16.7. The Morgan fingerprint density at radius 3 is 2.38 bits per heavy atom. The molecule has 4 saturated carbocycles. The van der Waals surface area contributed by atoms with Crippen LogP contribution in [-0.4, -0.2) is 82.5 Å². The number of carbonyl (C=O) groups is 4. The number of carbonyl (C=O) groups excluding carboxylic acids is 4. The highest BCUT2D eigenvalue weighted by molar-refractivity contribution is 7.82. The fourth-order valence-corrected chi connectivity index (χ4v) is 14.0. The summed E-state index contributed by atoms with van der Waals surface area (Å²) in [7, 11) is 1.24. The van der Waals surface area contributed by atoms with Crippen LogP contribution in [0.5, 0.6) is 0 Å². The molecule has 14 atom stereocenters. The van der Waals surface area contributed by atoms with E-state index in [1.165, 1.54) is 38.4 Å². The van der Waals surface area contributed by atoms with Gasteiger partial charge in [-0.15, -0.1) is 11.3 Å². The molecule has 14 heteroatoms. The molecule has 4 unspecified atom stereocenters. The van der Waals surface area contributed by atoms with Crippen molar-refractivity contribution in [3.05, 3.63) is 41.8 Å². The fraction of sp³-hybridized carbons (Fsp3) is 0.684. The topological polar surface area (TPSA) is 164 Å². The monoisotopic (exact) mass is 760 g/mol. The van der Waals surface area contributed by atoms with Crippen LogP contribution in [-0.2, 0) is 58.1 Å². The number of ether oxygens (including phenoxy) is 5. The van der Waals surface area contributed by atoms with E-state index in [0.29, 0.717) is 35.5 Å². The lowest BCUT2D eigenvalue weighted by atomic mass is 9.32. The average Bonchev–Trinajstić information content (AvgIpc) is 3.68. The molecule has 52 heavy (non-hydrogen) atoms. The second kappa shape index (κ2) is 12.3. The summed E-state index contributed by atoms with van der Waals surface area (Å²) in [4.78, 5) is 52.9. The molecule has 0 spiro atoms. The van der Waals surface area contributed by atoms with E-state index in [1.54, 1.807) is 13.0 Å². The highest BCUT2D eigenvalue weighted by atomic mass is 32.2. The summed E-state index contributed by atoms with van der Waals surface area (Å²) < 4.78 is 50.0. The predicted molar refractivity (Wildman–Crippen MR) is 187 cm³/mol. The van der Waals surface area contributed by atoms with Crippen LogP contribution in [0.1, 0.15) is 73.6 Å². The van der Waals surface area contributed by atoms with Gasteiger partial charge in [0.2, 0.25) is 5.60 Å². The summed E-state index contributed by atoms with van der Waals surface area (Å²) in [6.07, 6.45) is 1.54. The third-order valence-electron chi connectivity index (χ3n) is 14.4. The van der Waals surface area contributed by atoms with Gasteiger partial charge in [-0.2, -0.15) is 0 Å². The SMILES string of the molecule is C=C1C[C@@]2(O)C3CC[C@]4(C)C(CC[C@@]5(C(C)OS(=O)c6cccs6)COC(=O)C=C[C@H]54)[C@@]3(C)[C@H](OC(C)=O)[C@H](OC(C)=O)[C@@]2(C)[C@]2(C(=O)OC)O[C@H]12. The molecule has 1 aromatic rings. The highest BCUT2D eigenvalue weighted by Crippen LogP contribution is 2.78. The van der Waals surface area contributed by atoms with E-state index in [1.807, 2.05) is 31.4 Å². The Hall–Kier alpha value is -2.91. The number of aliphatic hydroxyl groups is 1. The Bertz CT molecular complexity index is 1760. The third kappa shape index (κ3) is 4.75. The van der Waals surface area contributed by atoms with Crippen molar-refractivity contribution in [2.24, 2.45) is 39.4 Å². The van der Waals surface area contributed by atoms with Gasteiger partial charge in [-0.25, -0.2) is 13.8 Å². The number of epoxide rings is 1. The van der Waals surface area contributed by atoms with Gasteiger partial charge in [-0.1, -0.05) is 32.6 Å². The van der Waals surface area contributed by atoms with Crippen molar-refractivity contribution in [3.8, 4) is 0 Å². The van der Waals surface area contributed by atoms with Crippen molar-refractivity contribution < 1.29 is 56.4 Å². The molecule has 0 amide bonds. The summed E-state index contributed by atoms with van der Waals surface area (Å²) in [6, 6.07) is 3.57. The molecule has 5 fully saturated rings. The Balaban J connectivity index is 1.39. The molecule has 284 valence electrons. The Labute approximate surface area is 310 Å². The van der Waals surface area contributed by atoms with E-state index < -0.39 is 98.2 Å². The second-order valence-corrected chi connectivity index (χ2v) is 18.7. The standard InChI is InChI=1S/C38H48O12S2/c1-20-18-37(43)26-13-15-33(5)24(14-16-36(19-46-27(41)12-11-25(33)36)21(2)50-52(44)28-10-9-17-51-28)34(26,6)30(47-22(3)39)31(48-23(4)40)35(37,7)38(29(20)49-38)32(42)45-8/h9-12,17,21,24-26,29-31,43H,1,13-16,18-19H2,2-8H3/t21?,24?,25-,26?,29+,30+,31-,33+,34+,35+,36-,37+,38-,52?/m0/s1. The molecule has 0 aromatic carbocycles. The number of cyclic esters (lactones) is 1. The van der Waals surface area contributed by atoms with Gasteiger partial charge in [0.1, 0.15) is 23.0 Å². The summed E-state index contributed by atoms with van der Waals surface area (Å²) in [5.74, 6) is -3.73. The van der Waals surface area contributed by atoms with E-state index in [0.717, 1.165) is 0 Å². The van der Waals surface area contributed by atoms with Gasteiger partial charge in [-0.3, -0.25) is 13.8 Å². The minimum atomic E-state index is -1.75. The van der Waals surface area contributed by atoms with Gasteiger partial charge < -0.3 is 28.8 Å². The van der Waals surface area contributed by atoms with Crippen molar-refractivity contribution in [3.63, 3.8) is 0 Å². The normalized spacial score (nSPS) is 45.6. The molecule has 12 nitrogen and oxygen atoms in total. The number of fused-ring (bicyclic) bond motifs is 9. The number of allylic oxidation sites excluding steroid dienone is 1. The predicted octanol–water partition coefficient (Wildman–Crippen LogP) is 4.61. The second-order valence-electron chi connectivity index (χ2n) is 16.4. The zero-order valence-corrected chi connectivity index (χ0v) is 32.3. The molecular weight excluding hydrogens is 713 g/mol. The number of methoxy groups -OCH3 is 1. The zero-order chi connectivity index (χ0) is 37.8. The highest BCUT2D eigenvalue weighted by Gasteiger charge is 2.90. The maximum absolute atomic E-state index is 13.8. The lowest BCUT2D eigenvalue weighted by molar-refractivity contribution is -0.336. The van der Waals surface area contributed by atoms with Crippen LogP contribution < -0.4 is 0 Å². The van der Waals surface area contributed by atoms with Gasteiger partial charge in [0.15, 0.2) is 17.2 Å². The average molecular weight is 761 g/mol. The van der Waals surface area contributed by atoms with Gasteiger partial charge in [0, 0.05) is 37.2 Å². The van der Waals surface area contributed by atoms with Crippen LogP contribution in [0.2, 0.25) is 0 Å². The molecule has 2 aliphatic heterocycles. The molecule has 0 bridgehead atoms. The number of rotatable bonds is 7. The van der Waals surface area contributed by atoms with Crippen molar-refractivity contribution in [2.45, 2.75) is 113 Å². The van der Waals surface area contributed by atoms with Crippen LogP contribution in [0.3, 0.4) is 0 Å². The quantitative estimate of drug-likeness (QED) is 0.178. The molecular formula is C38H48O12S2. The van der Waals surface area contributed by atoms with Crippen LogP contribution in [0.25, 0.3) is 0 Å². The molecule has 3 heterocycles. The van der Waals surface area contributed by atoms with Crippen LogP contribution in [0.15, 0.2) is 46.0 Å². The molecule has 1 aromatic heterocycles. The van der Waals surface area contributed by atoms with E-state index in [-0.39, 0.29) is 24.9 Å². The smallest absolute Gasteiger partial charge is 0.342 e. The first-order valence-electron chi connectivity index (χ1n) is 17.9. The molecule has 1 N–H and O–H groups in total. The number of thiophene rings is 1. The van der Waals surface area contributed by atoms with Crippen LogP contribution >= 0.6 is 11.3 Å². The van der Waals surface area contributed by atoms with Crippen molar-refractivity contribution in [1.82, 2.24) is 0 Å². The molecule has 6 aliphatic rings. The fourth-order valence-electron chi connectivity index (χ4n) is 12.2. The summed E-state index contributed by atoms with van der Waals surface area (Å²) in [5, 5.41) is 15.3. The van der Waals surface area contributed by atoms with Crippen molar-refractivity contribution in [1.29, 1.82) is 0 Å². The van der Waals surface area contributed by atoms with E-state index in [4.69, 9.17) is 27.9 Å². The van der Waals surface area contributed by atoms with Gasteiger partial charge in [0.25, 0.3) is 0 Å². The first kappa shape index (κ1) is 37.4. The number of hydrogen-bond donors (Lipinski definition) is 1. The Morgan fingerprint density at radius 1 is 1.08 bits per heavy atom. The molecule has 4 aliphatic carbocycles. The largest absolute Gasteiger partial charge is 0.467 e. The number of hydrogen-bond acceptors (Lipinski definition) is 13. The molecule has 1 saturated heterocycles. The Morgan fingerprint density at radius 2 is 1.75 bits per heavy atom. The zero-order valence-electron chi connectivity index (χ0n) is 30.6. The van der Waals surface area contributed by atoms with Gasteiger partial charge >= 0.3 is 23.9 Å². The van der Waals surface area contributed by atoms with Crippen LogP contribution in [0.4, 0.5) is 0 Å². The van der Waals surface area contributed by atoms with E-state index in [2.05, 4.69) is 13.5 Å². The number of esters is 4. The van der Waals surface area contributed by atoms with E-state index in [9.17, 15) is 28.5 Å². The van der Waals surface area contributed by atoms with Crippen molar-refractivity contribution in [2.75, 3.05) is 13.7 Å². The van der Waals surface area contributed by atoms with Gasteiger partial charge in [-0.05, 0) is 79.7 Å². The Kier molecular flexibility index (Phi) is 8.85. The van der Waals surface area contributed by atoms with E-state index >= 15 is 0 Å². The minimum absolute atomic E-state index is 0.0421. The summed E-state index contributed by atoms with van der Waals surface area (Å²) >= 11 is -0.415. The maximum Gasteiger partial charge on any atom is 0.342 e. The van der Waals surface area contributed by atoms with Crippen LogP contribution in [0, 0.1) is 39.4 Å². The first-order chi connectivity index (χ1) is 24.4.